The molecule has 0 saturated carbocycles. The highest BCUT2D eigenvalue weighted by Crippen LogP contribution is 2.12. The average Bonchev–Trinajstić information content (AvgIpc) is 3.01. The van der Waals surface area contributed by atoms with Crippen molar-refractivity contribution in [1.82, 2.24) is 9.47 Å². The second kappa shape index (κ2) is 9.33. The van der Waals surface area contributed by atoms with E-state index in [-0.39, 0.29) is 18.3 Å². The van der Waals surface area contributed by atoms with Crippen LogP contribution in [0.1, 0.15) is 17.7 Å². The standard InChI is InChI=1S/C17H19ClN4O.ClH/c1-21(12-13-4-6-14(18)7-5-13)17(23)16(20)8-10-22-9-2-3-15(22)11-19;/h2-7,9,16H,8,10,12,20H2,1H3;1H. The lowest BCUT2D eigenvalue weighted by Crippen LogP contribution is -2.42. The van der Waals surface area contributed by atoms with Gasteiger partial charge in [-0.2, -0.15) is 5.26 Å². The zero-order valence-corrected chi connectivity index (χ0v) is 14.9. The molecule has 1 unspecified atom stereocenters. The second-order valence-electron chi connectivity index (χ2n) is 5.41. The minimum absolute atomic E-state index is 0. The first kappa shape index (κ1) is 20.0. The van der Waals surface area contributed by atoms with Crippen LogP contribution in [-0.4, -0.2) is 28.5 Å². The van der Waals surface area contributed by atoms with Crippen molar-refractivity contribution in [1.29, 1.82) is 5.26 Å². The Bertz CT molecular complexity index is 706. The van der Waals surface area contributed by atoms with E-state index in [0.29, 0.717) is 30.2 Å². The molecular weight excluding hydrogens is 347 g/mol. The normalized spacial score (nSPS) is 11.2. The molecular formula is C17H20Cl2N4O. The van der Waals surface area contributed by atoms with E-state index in [1.54, 1.807) is 40.8 Å². The number of halogens is 2. The zero-order valence-electron chi connectivity index (χ0n) is 13.4. The van der Waals surface area contributed by atoms with E-state index in [9.17, 15) is 4.79 Å². The van der Waals surface area contributed by atoms with Crippen LogP contribution in [0.15, 0.2) is 42.6 Å². The van der Waals surface area contributed by atoms with Gasteiger partial charge in [-0.1, -0.05) is 23.7 Å². The lowest BCUT2D eigenvalue weighted by atomic mass is 10.1. The molecule has 1 amide bonds. The molecule has 2 rings (SSSR count). The molecule has 128 valence electrons. The third-order valence-corrected chi connectivity index (χ3v) is 3.90. The fourth-order valence-corrected chi connectivity index (χ4v) is 2.46. The zero-order chi connectivity index (χ0) is 16.8. The van der Waals surface area contributed by atoms with Crippen molar-refractivity contribution in [2.75, 3.05) is 7.05 Å². The van der Waals surface area contributed by atoms with Crippen LogP contribution in [0.5, 0.6) is 0 Å². The van der Waals surface area contributed by atoms with E-state index in [4.69, 9.17) is 22.6 Å². The number of nitriles is 1. The van der Waals surface area contributed by atoms with Gasteiger partial charge in [0, 0.05) is 31.4 Å². The van der Waals surface area contributed by atoms with Crippen LogP contribution in [0.3, 0.4) is 0 Å². The second-order valence-corrected chi connectivity index (χ2v) is 5.85. The van der Waals surface area contributed by atoms with Gasteiger partial charge in [0.1, 0.15) is 11.8 Å². The van der Waals surface area contributed by atoms with Crippen molar-refractivity contribution in [2.24, 2.45) is 5.73 Å². The van der Waals surface area contributed by atoms with Crippen molar-refractivity contribution < 1.29 is 4.79 Å². The lowest BCUT2D eigenvalue weighted by Gasteiger charge is -2.21. The number of amides is 1. The van der Waals surface area contributed by atoms with E-state index in [2.05, 4.69) is 6.07 Å². The molecule has 0 aliphatic carbocycles. The lowest BCUT2D eigenvalue weighted by molar-refractivity contribution is -0.132. The number of hydrogen-bond donors (Lipinski definition) is 1. The third-order valence-electron chi connectivity index (χ3n) is 3.65. The van der Waals surface area contributed by atoms with Crippen molar-refractivity contribution in [3.63, 3.8) is 0 Å². The monoisotopic (exact) mass is 366 g/mol. The van der Waals surface area contributed by atoms with Crippen LogP contribution < -0.4 is 5.73 Å². The number of aromatic nitrogens is 1. The van der Waals surface area contributed by atoms with Crippen molar-refractivity contribution in [2.45, 2.75) is 25.6 Å². The average molecular weight is 367 g/mol. The molecule has 24 heavy (non-hydrogen) atoms. The van der Waals surface area contributed by atoms with Crippen molar-refractivity contribution >= 4 is 29.9 Å². The molecule has 1 aromatic heterocycles. The number of carbonyl (C=O) groups is 1. The number of nitrogens with zero attached hydrogens (tertiary/aromatic N) is 3. The first-order chi connectivity index (χ1) is 11.0. The Morgan fingerprint density at radius 1 is 1.38 bits per heavy atom. The van der Waals surface area contributed by atoms with E-state index in [1.165, 1.54) is 0 Å². The van der Waals surface area contributed by atoms with E-state index in [1.807, 2.05) is 18.3 Å². The maximum absolute atomic E-state index is 12.3. The highest BCUT2D eigenvalue weighted by molar-refractivity contribution is 6.30. The summed E-state index contributed by atoms with van der Waals surface area (Å²) in [5, 5.41) is 9.63. The van der Waals surface area contributed by atoms with E-state index in [0.717, 1.165) is 5.56 Å². The molecule has 0 bridgehead atoms. The molecule has 1 atom stereocenters. The van der Waals surface area contributed by atoms with Crippen LogP contribution in [0.25, 0.3) is 0 Å². The maximum Gasteiger partial charge on any atom is 0.239 e. The number of nitrogens with two attached hydrogens (primary N) is 1. The Morgan fingerprint density at radius 3 is 2.67 bits per heavy atom. The fourth-order valence-electron chi connectivity index (χ4n) is 2.34. The SMILES string of the molecule is CN(Cc1ccc(Cl)cc1)C(=O)C(N)CCn1cccc1C#N.Cl. The smallest absolute Gasteiger partial charge is 0.239 e. The number of aryl methyl sites for hydroxylation is 1. The van der Waals surface area contributed by atoms with Gasteiger partial charge in [-0.05, 0) is 36.2 Å². The predicted octanol–water partition coefficient (Wildman–Crippen LogP) is 2.81. The number of rotatable bonds is 6. The Labute approximate surface area is 153 Å². The number of benzene rings is 1. The highest BCUT2D eigenvalue weighted by atomic mass is 35.5. The largest absolute Gasteiger partial charge is 0.340 e. The summed E-state index contributed by atoms with van der Waals surface area (Å²) in [6.45, 7) is 1.02. The van der Waals surface area contributed by atoms with Crippen LogP contribution in [0.4, 0.5) is 0 Å². The molecule has 0 aliphatic rings. The summed E-state index contributed by atoms with van der Waals surface area (Å²) in [5.74, 6) is -0.120. The van der Waals surface area contributed by atoms with E-state index >= 15 is 0 Å². The molecule has 0 radical (unpaired) electrons. The van der Waals surface area contributed by atoms with Gasteiger partial charge >= 0.3 is 0 Å². The van der Waals surface area contributed by atoms with Gasteiger partial charge in [0.25, 0.3) is 0 Å². The molecule has 0 aliphatic heterocycles. The summed E-state index contributed by atoms with van der Waals surface area (Å²) in [6, 6.07) is 12.4. The quantitative estimate of drug-likeness (QED) is 0.853. The maximum atomic E-state index is 12.3. The summed E-state index contributed by atoms with van der Waals surface area (Å²) in [4.78, 5) is 13.9. The molecule has 1 heterocycles. The number of hydrogen-bond acceptors (Lipinski definition) is 3. The molecule has 2 aromatic rings. The van der Waals surface area contributed by atoms with Crippen LogP contribution in [0, 0.1) is 11.3 Å². The molecule has 1 aromatic carbocycles. The summed E-state index contributed by atoms with van der Waals surface area (Å²) in [7, 11) is 1.73. The molecule has 5 nitrogen and oxygen atoms in total. The molecule has 0 saturated heterocycles. The Balaban J connectivity index is 0.00000288. The van der Waals surface area contributed by atoms with Gasteiger partial charge in [-0.15, -0.1) is 12.4 Å². The van der Waals surface area contributed by atoms with Crippen LogP contribution >= 0.6 is 24.0 Å². The Kier molecular flexibility index (Phi) is 7.80. The van der Waals surface area contributed by atoms with Crippen LogP contribution in [0.2, 0.25) is 5.02 Å². The van der Waals surface area contributed by atoms with Gasteiger partial charge in [0.2, 0.25) is 5.91 Å². The van der Waals surface area contributed by atoms with Gasteiger partial charge in [-0.25, -0.2) is 0 Å². The van der Waals surface area contributed by atoms with E-state index < -0.39 is 6.04 Å². The third kappa shape index (κ3) is 5.27. The summed E-state index contributed by atoms with van der Waals surface area (Å²) < 4.78 is 1.80. The minimum Gasteiger partial charge on any atom is -0.340 e. The topological polar surface area (TPSA) is 75.0 Å². The van der Waals surface area contributed by atoms with Crippen molar-refractivity contribution in [3.8, 4) is 6.07 Å². The van der Waals surface area contributed by atoms with Gasteiger partial charge in [0.15, 0.2) is 0 Å². The summed E-state index contributed by atoms with van der Waals surface area (Å²) >= 11 is 5.85. The predicted molar refractivity (Wildman–Crippen MR) is 96.9 cm³/mol. The summed E-state index contributed by atoms with van der Waals surface area (Å²) in [6.07, 6.45) is 2.29. The van der Waals surface area contributed by atoms with Gasteiger partial charge in [0.05, 0.1) is 6.04 Å². The minimum atomic E-state index is -0.596. The Hall–Kier alpha value is -2.00. The number of likely N-dealkylation sites (N-methyl/N-ethyl adjacent to an activating group) is 1. The summed E-state index contributed by atoms with van der Waals surface area (Å²) in [5.41, 5.74) is 7.56. The number of carbonyl (C=O) groups excluding carboxylic acids is 1. The van der Waals surface area contributed by atoms with Gasteiger partial charge in [-0.3, -0.25) is 4.79 Å². The van der Waals surface area contributed by atoms with Crippen LogP contribution in [-0.2, 0) is 17.9 Å². The first-order valence-electron chi connectivity index (χ1n) is 7.31. The molecule has 0 fully saturated rings. The van der Waals surface area contributed by atoms with Gasteiger partial charge < -0.3 is 15.2 Å². The highest BCUT2D eigenvalue weighted by Gasteiger charge is 2.18. The fraction of sp³-hybridized carbons (Fsp3) is 0.294. The molecule has 2 N–H and O–H groups in total. The first-order valence-corrected chi connectivity index (χ1v) is 7.69. The molecule has 0 spiro atoms. The Morgan fingerprint density at radius 2 is 2.04 bits per heavy atom. The van der Waals surface area contributed by atoms with Crippen molar-refractivity contribution in [3.05, 3.63) is 58.9 Å². The molecule has 7 heteroatoms.